The zero-order valence-electron chi connectivity index (χ0n) is 18.1. The Hall–Kier alpha value is -2.70. The Morgan fingerprint density at radius 2 is 1.45 bits per heavy atom. The molecule has 3 aromatic carbocycles. The summed E-state index contributed by atoms with van der Waals surface area (Å²) in [5.74, 6) is 0.880. The predicted octanol–water partition coefficient (Wildman–Crippen LogP) is 5.58. The van der Waals surface area contributed by atoms with Crippen LogP contribution in [0.2, 0.25) is 0 Å². The van der Waals surface area contributed by atoms with Gasteiger partial charge >= 0.3 is 0 Å². The number of benzene rings is 3. The quantitative estimate of drug-likeness (QED) is 0.243. The van der Waals surface area contributed by atoms with Crippen LogP contribution in [0.15, 0.2) is 60.7 Å². The molecule has 0 N–H and O–H groups in total. The average molecular weight is 421 g/mol. The lowest BCUT2D eigenvalue weighted by Crippen LogP contribution is -2.07. The largest absolute Gasteiger partial charge is 0.488 e. The van der Waals surface area contributed by atoms with Gasteiger partial charge < -0.3 is 14.2 Å². The average Bonchev–Trinajstić information content (AvgIpc) is 2.79. The molecule has 5 nitrogen and oxygen atoms in total. The molecule has 0 saturated heterocycles. The van der Waals surface area contributed by atoms with Gasteiger partial charge in [-0.2, -0.15) is 0 Å². The standard InChI is InChI=1S/C26H28O5/c1-3-30-31-17-22-8-10-25-24-9-7-21(12-23(24)18-29-26(25)13-22)16-28-15-20-6-4-5-19(11-20)14-27-2/h4-13H,3,14-18H2,1-2H3. The van der Waals surface area contributed by atoms with Crippen molar-refractivity contribution in [3.8, 4) is 16.9 Å². The fourth-order valence-corrected chi connectivity index (χ4v) is 3.73. The normalized spacial score (nSPS) is 12.2. The molecular weight excluding hydrogens is 392 g/mol. The number of methoxy groups -OCH3 is 1. The number of ether oxygens (including phenoxy) is 3. The highest BCUT2D eigenvalue weighted by molar-refractivity contribution is 5.75. The minimum absolute atomic E-state index is 0.405. The Balaban J connectivity index is 1.39. The summed E-state index contributed by atoms with van der Waals surface area (Å²) in [6.45, 7) is 5.12. The van der Waals surface area contributed by atoms with Crippen LogP contribution in [0.4, 0.5) is 0 Å². The van der Waals surface area contributed by atoms with E-state index in [1.807, 2.05) is 25.1 Å². The van der Waals surface area contributed by atoms with Crippen molar-refractivity contribution in [3.05, 3.63) is 88.5 Å². The van der Waals surface area contributed by atoms with E-state index in [4.69, 9.17) is 24.0 Å². The molecule has 0 radical (unpaired) electrons. The highest BCUT2D eigenvalue weighted by atomic mass is 17.2. The second-order valence-electron chi connectivity index (χ2n) is 7.53. The topological polar surface area (TPSA) is 46.2 Å². The zero-order valence-corrected chi connectivity index (χ0v) is 18.1. The van der Waals surface area contributed by atoms with Gasteiger partial charge in [0.05, 0.1) is 26.4 Å². The van der Waals surface area contributed by atoms with Crippen LogP contribution in [0.3, 0.4) is 0 Å². The molecule has 4 rings (SSSR count). The van der Waals surface area contributed by atoms with Gasteiger partial charge in [-0.1, -0.05) is 48.5 Å². The molecule has 1 heterocycles. The molecule has 0 fully saturated rings. The first-order chi connectivity index (χ1) is 15.3. The van der Waals surface area contributed by atoms with Gasteiger partial charge in [0.25, 0.3) is 0 Å². The van der Waals surface area contributed by atoms with Crippen molar-refractivity contribution in [1.82, 2.24) is 0 Å². The van der Waals surface area contributed by atoms with Crippen LogP contribution in [-0.2, 0) is 52.3 Å². The smallest absolute Gasteiger partial charge is 0.128 e. The molecule has 3 aromatic rings. The highest BCUT2D eigenvalue weighted by Gasteiger charge is 2.18. The number of hydrogen-bond acceptors (Lipinski definition) is 5. The first-order valence-corrected chi connectivity index (χ1v) is 10.5. The van der Waals surface area contributed by atoms with Crippen LogP contribution in [0.25, 0.3) is 11.1 Å². The minimum atomic E-state index is 0.405. The van der Waals surface area contributed by atoms with E-state index in [1.54, 1.807) is 7.11 Å². The van der Waals surface area contributed by atoms with Gasteiger partial charge in [0.15, 0.2) is 0 Å². The summed E-state index contributed by atoms with van der Waals surface area (Å²) in [4.78, 5) is 10.1. The summed E-state index contributed by atoms with van der Waals surface area (Å²) >= 11 is 0. The molecule has 0 saturated carbocycles. The third-order valence-corrected chi connectivity index (χ3v) is 5.16. The van der Waals surface area contributed by atoms with E-state index < -0.39 is 0 Å². The van der Waals surface area contributed by atoms with E-state index >= 15 is 0 Å². The predicted molar refractivity (Wildman–Crippen MR) is 118 cm³/mol. The minimum Gasteiger partial charge on any atom is -0.488 e. The van der Waals surface area contributed by atoms with Gasteiger partial charge in [0, 0.05) is 12.7 Å². The lowest BCUT2D eigenvalue weighted by atomic mass is 9.94. The van der Waals surface area contributed by atoms with Crippen molar-refractivity contribution in [3.63, 3.8) is 0 Å². The summed E-state index contributed by atoms with van der Waals surface area (Å²) in [6, 6.07) is 20.9. The number of rotatable bonds is 10. The van der Waals surface area contributed by atoms with Crippen molar-refractivity contribution < 1.29 is 24.0 Å². The number of fused-ring (bicyclic) bond motifs is 3. The Labute approximate surface area is 183 Å². The van der Waals surface area contributed by atoms with E-state index in [9.17, 15) is 0 Å². The third kappa shape index (κ3) is 5.51. The van der Waals surface area contributed by atoms with Crippen LogP contribution >= 0.6 is 0 Å². The fraction of sp³-hybridized carbons (Fsp3) is 0.308. The van der Waals surface area contributed by atoms with Gasteiger partial charge in [-0.3, -0.25) is 0 Å². The molecule has 0 aromatic heterocycles. The Morgan fingerprint density at radius 1 is 0.742 bits per heavy atom. The maximum atomic E-state index is 6.01. The maximum absolute atomic E-state index is 6.01. The van der Waals surface area contributed by atoms with Crippen molar-refractivity contribution in [2.24, 2.45) is 0 Å². The first kappa shape index (κ1) is 21.5. The molecule has 0 unspecified atom stereocenters. The molecular formula is C26H28O5. The van der Waals surface area contributed by atoms with Crippen LogP contribution in [0, 0.1) is 0 Å². The fourth-order valence-electron chi connectivity index (χ4n) is 3.73. The molecule has 0 atom stereocenters. The maximum Gasteiger partial charge on any atom is 0.128 e. The Morgan fingerprint density at radius 3 is 2.23 bits per heavy atom. The van der Waals surface area contributed by atoms with Crippen LogP contribution in [0.5, 0.6) is 5.75 Å². The Kier molecular flexibility index (Phi) is 7.33. The van der Waals surface area contributed by atoms with Gasteiger partial charge in [-0.15, -0.1) is 0 Å². The van der Waals surface area contributed by atoms with E-state index in [0.29, 0.717) is 39.6 Å². The third-order valence-electron chi connectivity index (χ3n) is 5.16. The molecule has 5 heteroatoms. The first-order valence-electron chi connectivity index (χ1n) is 10.5. The van der Waals surface area contributed by atoms with Gasteiger partial charge in [-0.05, 0) is 52.4 Å². The molecule has 31 heavy (non-hydrogen) atoms. The van der Waals surface area contributed by atoms with Gasteiger partial charge in [-0.25, -0.2) is 9.78 Å². The summed E-state index contributed by atoms with van der Waals surface area (Å²) in [5, 5.41) is 0. The molecule has 0 amide bonds. The van der Waals surface area contributed by atoms with E-state index in [2.05, 4.69) is 42.5 Å². The SMILES string of the molecule is CCOOCc1ccc2c(c1)OCc1cc(COCc3cccc(COC)c3)ccc1-2. The molecule has 0 spiro atoms. The second-order valence-corrected chi connectivity index (χ2v) is 7.53. The molecule has 0 bridgehead atoms. The zero-order chi connectivity index (χ0) is 21.5. The summed E-state index contributed by atoms with van der Waals surface area (Å²) in [6.07, 6.45) is 0. The molecule has 1 aliphatic heterocycles. The van der Waals surface area contributed by atoms with E-state index in [-0.39, 0.29) is 0 Å². The van der Waals surface area contributed by atoms with E-state index in [0.717, 1.165) is 33.6 Å². The summed E-state index contributed by atoms with van der Waals surface area (Å²) in [7, 11) is 1.71. The number of hydrogen-bond donors (Lipinski definition) is 0. The highest BCUT2D eigenvalue weighted by Crippen LogP contribution is 2.38. The van der Waals surface area contributed by atoms with E-state index in [1.165, 1.54) is 11.1 Å². The summed E-state index contributed by atoms with van der Waals surface area (Å²) < 4.78 is 17.2. The lowest BCUT2D eigenvalue weighted by Gasteiger charge is -2.22. The molecule has 1 aliphatic rings. The second kappa shape index (κ2) is 10.6. The lowest BCUT2D eigenvalue weighted by molar-refractivity contribution is -0.300. The Bertz CT molecular complexity index is 1010. The van der Waals surface area contributed by atoms with Crippen molar-refractivity contribution >= 4 is 0 Å². The van der Waals surface area contributed by atoms with Crippen molar-refractivity contribution in [2.45, 2.75) is 40.0 Å². The van der Waals surface area contributed by atoms with Crippen molar-refractivity contribution in [2.75, 3.05) is 13.7 Å². The van der Waals surface area contributed by atoms with Crippen molar-refractivity contribution in [1.29, 1.82) is 0 Å². The van der Waals surface area contributed by atoms with Gasteiger partial charge in [0.2, 0.25) is 0 Å². The van der Waals surface area contributed by atoms with Crippen LogP contribution in [-0.4, -0.2) is 13.7 Å². The molecule has 0 aliphatic carbocycles. The van der Waals surface area contributed by atoms with Gasteiger partial charge in [0.1, 0.15) is 19.0 Å². The monoisotopic (exact) mass is 420 g/mol. The van der Waals surface area contributed by atoms with Crippen LogP contribution in [0.1, 0.15) is 34.7 Å². The van der Waals surface area contributed by atoms with Crippen LogP contribution < -0.4 is 4.74 Å². The summed E-state index contributed by atoms with van der Waals surface area (Å²) in [5.41, 5.74) is 7.94. The molecule has 162 valence electrons.